The zero-order valence-corrected chi connectivity index (χ0v) is 23.6. The van der Waals surface area contributed by atoms with E-state index in [1.54, 1.807) is 0 Å². The maximum atomic E-state index is 15.2. The molecule has 0 aliphatic heterocycles. The van der Waals surface area contributed by atoms with Gasteiger partial charge in [0.1, 0.15) is 11.5 Å². The number of nitrogens with zero attached hydrogens (tertiary/aromatic N) is 1. The predicted molar refractivity (Wildman–Crippen MR) is 136 cm³/mol. The van der Waals surface area contributed by atoms with E-state index < -0.39 is 77.9 Å². The third kappa shape index (κ3) is 5.92. The molecule has 0 saturated carbocycles. The molecule has 3 aromatic carbocycles. The Morgan fingerprint density at radius 1 is 0.857 bits per heavy atom. The average Bonchev–Trinajstić information content (AvgIpc) is 2.88. The number of benzene rings is 3. The quantitative estimate of drug-likeness (QED) is 0.114. The third-order valence-corrected chi connectivity index (χ3v) is 7.07. The van der Waals surface area contributed by atoms with Crippen LogP contribution in [0.4, 0.5) is 59.7 Å². The molecule has 18 heteroatoms. The smallest absolute Gasteiger partial charge is 0.320 e. The van der Waals surface area contributed by atoms with Crippen molar-refractivity contribution in [1.29, 1.82) is 0 Å². The molecule has 0 radical (unpaired) electrons. The Hall–Kier alpha value is -3.00. The van der Waals surface area contributed by atoms with Crippen molar-refractivity contribution in [3.8, 4) is 0 Å². The van der Waals surface area contributed by atoms with Crippen LogP contribution in [0.25, 0.3) is 0 Å². The van der Waals surface area contributed by atoms with E-state index in [1.807, 2.05) is 5.32 Å². The highest BCUT2D eigenvalue weighted by molar-refractivity contribution is 14.1. The van der Waals surface area contributed by atoms with Crippen LogP contribution >= 0.6 is 38.5 Å². The number of hydrogen-bond donors (Lipinski definition) is 2. The summed E-state index contributed by atoms with van der Waals surface area (Å²) in [5.74, 6) is -11.8. The zero-order valence-electron chi connectivity index (χ0n) is 19.8. The maximum Gasteiger partial charge on any atom is 0.457 e. The second-order valence-electron chi connectivity index (χ2n) is 8.26. The van der Waals surface area contributed by atoms with Gasteiger partial charge in [-0.05, 0) is 87.1 Å². The van der Waals surface area contributed by atoms with Gasteiger partial charge in [-0.15, -0.1) is 0 Å². The number of amides is 2. The zero-order chi connectivity index (χ0) is 32.0. The van der Waals surface area contributed by atoms with Gasteiger partial charge in [-0.3, -0.25) is 14.8 Å². The number of hydrogen-bond acceptors (Lipinski definition) is 3. The van der Waals surface area contributed by atoms with Crippen molar-refractivity contribution in [1.82, 2.24) is 0 Å². The normalized spacial score (nSPS) is 13.9. The highest BCUT2D eigenvalue weighted by Crippen LogP contribution is 2.58. The van der Waals surface area contributed by atoms with Crippen molar-refractivity contribution in [2.24, 2.45) is 0 Å². The highest BCUT2D eigenvalue weighted by atomic mass is 127. The van der Waals surface area contributed by atoms with E-state index in [0.717, 1.165) is 65.1 Å². The number of nitrogens with one attached hydrogen (secondary N) is 1. The largest absolute Gasteiger partial charge is 0.457 e. The summed E-state index contributed by atoms with van der Waals surface area (Å²) in [5, 5.41) is 12.0. The van der Waals surface area contributed by atoms with Crippen LogP contribution < -0.4 is 10.4 Å². The molecule has 3 aromatic rings. The number of carbonyl (C=O) groups is 2. The van der Waals surface area contributed by atoms with E-state index in [-0.39, 0.29) is 22.8 Å². The van der Waals surface area contributed by atoms with Crippen LogP contribution in [0.3, 0.4) is 0 Å². The number of halogens is 13. The first-order chi connectivity index (χ1) is 19.1. The van der Waals surface area contributed by atoms with Gasteiger partial charge in [0.05, 0.1) is 11.3 Å². The molecule has 0 saturated heterocycles. The van der Waals surface area contributed by atoms with Crippen LogP contribution in [0.2, 0.25) is 0 Å². The van der Waals surface area contributed by atoms with E-state index in [4.69, 9.17) is 0 Å². The molecule has 42 heavy (non-hydrogen) atoms. The van der Waals surface area contributed by atoms with Crippen LogP contribution in [0.15, 0.2) is 59.1 Å². The Labute approximate surface area is 249 Å². The van der Waals surface area contributed by atoms with Crippen LogP contribution in [-0.4, -0.2) is 35.3 Å². The predicted octanol–water partition coefficient (Wildman–Crippen LogP) is 8.54. The fourth-order valence-electron chi connectivity index (χ4n) is 3.47. The topological polar surface area (TPSA) is 69.6 Å². The molecule has 226 valence electrons. The minimum Gasteiger partial charge on any atom is -0.320 e. The van der Waals surface area contributed by atoms with Gasteiger partial charge >= 0.3 is 23.9 Å². The lowest BCUT2D eigenvalue weighted by atomic mass is 9.87. The second kappa shape index (κ2) is 11.6. The fraction of sp³-hybridized carbons (Fsp3) is 0.167. The summed E-state index contributed by atoms with van der Waals surface area (Å²) in [6.45, 7) is 0. The monoisotopic (exact) mass is 790 g/mol. The summed E-state index contributed by atoms with van der Waals surface area (Å²) in [5.41, 5.74) is -11.0. The lowest BCUT2D eigenvalue weighted by Crippen LogP contribution is -2.59. The van der Waals surface area contributed by atoms with Crippen molar-refractivity contribution in [3.05, 3.63) is 91.0 Å². The molecule has 1 unspecified atom stereocenters. The van der Waals surface area contributed by atoms with Gasteiger partial charge in [0.2, 0.25) is 0 Å². The molecule has 0 bridgehead atoms. The molecule has 3 rings (SSSR count). The van der Waals surface area contributed by atoms with E-state index in [9.17, 15) is 58.7 Å². The molecule has 2 amide bonds. The summed E-state index contributed by atoms with van der Waals surface area (Å²) >= 11 is 3.70. The van der Waals surface area contributed by atoms with Gasteiger partial charge < -0.3 is 5.32 Å². The van der Waals surface area contributed by atoms with Crippen molar-refractivity contribution < 1.29 is 63.1 Å². The minimum atomic E-state index is -6.96. The first-order valence-electron chi connectivity index (χ1n) is 10.7. The summed E-state index contributed by atoms with van der Waals surface area (Å²) in [7, 11) is 0. The molecule has 0 aromatic heterocycles. The van der Waals surface area contributed by atoms with Gasteiger partial charge in [-0.2, -0.15) is 40.2 Å². The van der Waals surface area contributed by atoms with Crippen molar-refractivity contribution >= 4 is 61.7 Å². The van der Waals surface area contributed by atoms with Crippen molar-refractivity contribution in [2.45, 2.75) is 23.9 Å². The lowest BCUT2D eigenvalue weighted by molar-refractivity contribution is -0.389. The lowest BCUT2D eigenvalue weighted by Gasteiger charge is -2.36. The second-order valence-corrected chi connectivity index (χ2v) is 10.3. The molecular weight excluding hydrogens is 780 g/mol. The minimum absolute atomic E-state index is 0.0162. The Morgan fingerprint density at radius 2 is 1.43 bits per heavy atom. The van der Waals surface area contributed by atoms with Crippen LogP contribution in [0, 0.1) is 15.2 Å². The SMILES string of the molecule is O=C(Nc1c(Br)cc(C(F)(C(F)(F)F)C(F)(F)C(F)(F)F)cc1I)c1cccc(N(O)C(=O)c2ccc(F)cc2)c1F. The first-order valence-corrected chi connectivity index (χ1v) is 12.6. The van der Waals surface area contributed by atoms with Gasteiger partial charge in [-0.1, -0.05) is 6.07 Å². The molecule has 0 spiro atoms. The van der Waals surface area contributed by atoms with Gasteiger partial charge in [-0.25, -0.2) is 13.2 Å². The number of carbonyl (C=O) groups excluding carboxylic acids is 2. The maximum absolute atomic E-state index is 15.2. The molecule has 2 N–H and O–H groups in total. The molecule has 0 heterocycles. The Bertz CT molecular complexity index is 1510. The van der Waals surface area contributed by atoms with E-state index in [0.29, 0.717) is 0 Å². The fourth-order valence-corrected chi connectivity index (χ4v) is 5.16. The summed E-state index contributed by atoms with van der Waals surface area (Å²) < 4.78 is 148. The van der Waals surface area contributed by atoms with Crippen LogP contribution in [-0.2, 0) is 5.67 Å². The summed E-state index contributed by atoms with van der Waals surface area (Å²) in [4.78, 5) is 25.2. The highest BCUT2D eigenvalue weighted by Gasteiger charge is 2.81. The molecular formula is C24H11BrF11IN2O3. The van der Waals surface area contributed by atoms with Crippen molar-refractivity contribution in [2.75, 3.05) is 10.4 Å². The molecule has 0 fully saturated rings. The molecule has 1 atom stereocenters. The standard InChI is InChI=1S/C24H11BrF11IN2O3/c25-14-8-11(21(28,23(31,32)33)22(29,30)24(34,35)36)9-15(37)18(14)38-19(40)13-2-1-3-16(17(13)27)39(42)20(41)10-4-6-12(26)7-5-10/h1-9,42H,(H,38,40). The van der Waals surface area contributed by atoms with Gasteiger partial charge in [0.15, 0.2) is 5.82 Å². The van der Waals surface area contributed by atoms with Crippen LogP contribution in [0.5, 0.6) is 0 Å². The average molecular weight is 791 g/mol. The number of rotatable bonds is 6. The molecule has 0 aliphatic carbocycles. The third-order valence-electron chi connectivity index (χ3n) is 5.59. The number of anilines is 2. The number of alkyl halides is 9. The summed E-state index contributed by atoms with van der Waals surface area (Å²) in [6, 6.07) is 6.29. The van der Waals surface area contributed by atoms with E-state index in [1.165, 1.54) is 0 Å². The van der Waals surface area contributed by atoms with Crippen LogP contribution in [0.1, 0.15) is 26.3 Å². The van der Waals surface area contributed by atoms with Crippen molar-refractivity contribution in [3.63, 3.8) is 0 Å². The van der Waals surface area contributed by atoms with E-state index >= 15 is 4.39 Å². The first kappa shape index (κ1) is 33.5. The Kier molecular flexibility index (Phi) is 9.24. The number of hydroxylamine groups is 1. The molecule has 5 nitrogen and oxygen atoms in total. The van der Waals surface area contributed by atoms with E-state index in [2.05, 4.69) is 15.9 Å². The Morgan fingerprint density at radius 3 is 1.93 bits per heavy atom. The summed E-state index contributed by atoms with van der Waals surface area (Å²) in [6.07, 6.45) is -13.7. The van der Waals surface area contributed by atoms with Gasteiger partial charge in [0, 0.05) is 19.2 Å². The Balaban J connectivity index is 1.99. The van der Waals surface area contributed by atoms with Gasteiger partial charge in [0.25, 0.3) is 11.8 Å². The molecule has 0 aliphatic rings.